The van der Waals surface area contributed by atoms with Crippen LogP contribution >= 0.6 is 15.9 Å². The fourth-order valence-electron chi connectivity index (χ4n) is 1.54. The maximum atomic E-state index is 11.5. The molecule has 1 amide bonds. The first-order valence-corrected chi connectivity index (χ1v) is 7.24. The molecule has 0 aliphatic carbocycles. The number of nitrogens with one attached hydrogen (secondary N) is 1. The molecule has 110 valence electrons. The summed E-state index contributed by atoms with van der Waals surface area (Å²) in [5.41, 5.74) is 0. The van der Waals surface area contributed by atoms with Crippen molar-refractivity contribution in [1.82, 2.24) is 5.32 Å². The van der Waals surface area contributed by atoms with Crippen molar-refractivity contribution in [2.75, 3.05) is 13.2 Å². The summed E-state index contributed by atoms with van der Waals surface area (Å²) < 4.78 is 6.38. The number of aliphatic carboxylic acids is 1. The Labute approximate surface area is 126 Å². The highest BCUT2D eigenvalue weighted by Crippen LogP contribution is 2.17. The lowest BCUT2D eigenvalue weighted by atomic mass is 10.2. The predicted molar refractivity (Wildman–Crippen MR) is 78.8 cm³/mol. The molecule has 0 unspecified atom stereocenters. The largest absolute Gasteiger partial charge is 0.493 e. The van der Waals surface area contributed by atoms with Crippen LogP contribution in [0.3, 0.4) is 0 Å². The first-order chi connectivity index (χ1) is 9.58. The Morgan fingerprint density at radius 3 is 2.75 bits per heavy atom. The number of carboxylic acid groups (broad SMARTS) is 1. The SMILES string of the molecule is O=C(O)CCCCNC(=O)CCOc1cccc(Br)c1. The zero-order valence-electron chi connectivity index (χ0n) is 11.1. The molecule has 0 bridgehead atoms. The van der Waals surface area contributed by atoms with Crippen molar-refractivity contribution in [2.45, 2.75) is 25.7 Å². The van der Waals surface area contributed by atoms with E-state index in [0.717, 1.165) is 4.47 Å². The van der Waals surface area contributed by atoms with E-state index in [2.05, 4.69) is 21.2 Å². The van der Waals surface area contributed by atoms with Crippen molar-refractivity contribution >= 4 is 27.8 Å². The van der Waals surface area contributed by atoms with E-state index in [4.69, 9.17) is 9.84 Å². The molecule has 6 heteroatoms. The summed E-state index contributed by atoms with van der Waals surface area (Å²) in [5, 5.41) is 11.2. The van der Waals surface area contributed by atoms with Gasteiger partial charge >= 0.3 is 5.97 Å². The fraction of sp³-hybridized carbons (Fsp3) is 0.429. The number of unbranched alkanes of at least 4 members (excludes halogenated alkanes) is 1. The van der Waals surface area contributed by atoms with Gasteiger partial charge in [0.05, 0.1) is 13.0 Å². The molecule has 0 aliphatic rings. The summed E-state index contributed by atoms with van der Waals surface area (Å²) >= 11 is 3.34. The summed E-state index contributed by atoms with van der Waals surface area (Å²) in [6, 6.07) is 7.43. The molecule has 0 aliphatic heterocycles. The smallest absolute Gasteiger partial charge is 0.303 e. The first kappa shape index (κ1) is 16.5. The monoisotopic (exact) mass is 343 g/mol. The Balaban J connectivity index is 2.07. The minimum atomic E-state index is -0.807. The molecule has 0 saturated carbocycles. The number of benzene rings is 1. The molecule has 0 atom stereocenters. The number of ether oxygens (including phenoxy) is 1. The van der Waals surface area contributed by atoms with Crippen LogP contribution in [0.2, 0.25) is 0 Å². The van der Waals surface area contributed by atoms with E-state index in [9.17, 15) is 9.59 Å². The standard InChI is InChI=1S/C14H18BrNO4/c15-11-4-3-5-12(10-11)20-9-7-13(17)16-8-2-1-6-14(18)19/h3-5,10H,1-2,6-9H2,(H,16,17)(H,18,19). The Hall–Kier alpha value is -1.56. The Morgan fingerprint density at radius 1 is 1.25 bits per heavy atom. The zero-order chi connectivity index (χ0) is 14.8. The van der Waals surface area contributed by atoms with Crippen molar-refractivity contribution in [3.8, 4) is 5.75 Å². The average molecular weight is 344 g/mol. The number of carbonyl (C=O) groups is 2. The van der Waals surface area contributed by atoms with Gasteiger partial charge in [-0.15, -0.1) is 0 Å². The molecule has 0 spiro atoms. The van der Waals surface area contributed by atoms with Gasteiger partial charge in [-0.25, -0.2) is 0 Å². The van der Waals surface area contributed by atoms with Crippen molar-refractivity contribution in [2.24, 2.45) is 0 Å². The van der Waals surface area contributed by atoms with Gasteiger partial charge in [0, 0.05) is 17.4 Å². The number of carbonyl (C=O) groups excluding carboxylic acids is 1. The van der Waals surface area contributed by atoms with Gasteiger partial charge in [0.25, 0.3) is 0 Å². The van der Waals surface area contributed by atoms with E-state index < -0.39 is 5.97 Å². The van der Waals surface area contributed by atoms with Gasteiger partial charge in [0.1, 0.15) is 5.75 Å². The van der Waals surface area contributed by atoms with Crippen LogP contribution in [0.1, 0.15) is 25.7 Å². The topological polar surface area (TPSA) is 75.6 Å². The lowest BCUT2D eigenvalue weighted by molar-refractivity contribution is -0.137. The zero-order valence-corrected chi connectivity index (χ0v) is 12.7. The molecular formula is C14H18BrNO4. The summed E-state index contributed by atoms with van der Waals surface area (Å²) in [7, 11) is 0. The van der Waals surface area contributed by atoms with Gasteiger partial charge in [-0.05, 0) is 31.0 Å². The van der Waals surface area contributed by atoms with Crippen molar-refractivity contribution in [3.63, 3.8) is 0 Å². The molecule has 0 aromatic heterocycles. The van der Waals surface area contributed by atoms with Crippen molar-refractivity contribution in [3.05, 3.63) is 28.7 Å². The third-order valence-corrected chi connectivity index (χ3v) is 3.03. The van der Waals surface area contributed by atoms with Gasteiger partial charge in [-0.3, -0.25) is 9.59 Å². The molecule has 0 heterocycles. The number of hydrogen-bond acceptors (Lipinski definition) is 3. The normalized spacial score (nSPS) is 10.1. The second-order valence-electron chi connectivity index (χ2n) is 4.26. The van der Waals surface area contributed by atoms with Crippen LogP contribution < -0.4 is 10.1 Å². The summed E-state index contributed by atoms with van der Waals surface area (Å²) in [4.78, 5) is 21.8. The van der Waals surface area contributed by atoms with E-state index in [-0.39, 0.29) is 18.7 Å². The lowest BCUT2D eigenvalue weighted by Crippen LogP contribution is -2.26. The number of amides is 1. The summed E-state index contributed by atoms with van der Waals surface area (Å²) in [6.07, 6.45) is 1.67. The van der Waals surface area contributed by atoms with Gasteiger partial charge < -0.3 is 15.2 Å². The third-order valence-electron chi connectivity index (χ3n) is 2.53. The maximum Gasteiger partial charge on any atom is 0.303 e. The van der Waals surface area contributed by atoms with Crippen molar-refractivity contribution < 1.29 is 19.4 Å². The van der Waals surface area contributed by atoms with Gasteiger partial charge in [0.2, 0.25) is 5.91 Å². The van der Waals surface area contributed by atoms with E-state index >= 15 is 0 Å². The molecule has 1 aromatic carbocycles. The molecule has 0 saturated heterocycles. The molecule has 2 N–H and O–H groups in total. The van der Waals surface area contributed by atoms with Crippen LogP contribution in [0.5, 0.6) is 5.75 Å². The molecule has 0 fully saturated rings. The van der Waals surface area contributed by atoms with Crippen LogP contribution in [-0.2, 0) is 9.59 Å². The Morgan fingerprint density at radius 2 is 2.05 bits per heavy atom. The quantitative estimate of drug-likeness (QED) is 0.675. The summed E-state index contributed by atoms with van der Waals surface area (Å²) in [6.45, 7) is 0.820. The van der Waals surface area contributed by atoms with E-state index in [0.29, 0.717) is 31.7 Å². The third kappa shape index (κ3) is 7.78. The molecule has 1 aromatic rings. The molecule has 0 radical (unpaired) electrons. The molecule has 20 heavy (non-hydrogen) atoms. The minimum Gasteiger partial charge on any atom is -0.493 e. The maximum absolute atomic E-state index is 11.5. The number of halogens is 1. The predicted octanol–water partition coefficient (Wildman–Crippen LogP) is 2.59. The average Bonchev–Trinajstić information content (AvgIpc) is 2.38. The van der Waals surface area contributed by atoms with Gasteiger partial charge in [-0.2, -0.15) is 0 Å². The highest BCUT2D eigenvalue weighted by molar-refractivity contribution is 9.10. The van der Waals surface area contributed by atoms with Crippen LogP contribution in [0.15, 0.2) is 28.7 Å². The van der Waals surface area contributed by atoms with Gasteiger partial charge in [0.15, 0.2) is 0 Å². The summed E-state index contributed by atoms with van der Waals surface area (Å²) in [5.74, 6) is -0.178. The lowest BCUT2D eigenvalue weighted by Gasteiger charge is -2.07. The molecule has 1 rings (SSSR count). The van der Waals surface area contributed by atoms with E-state index in [1.165, 1.54) is 0 Å². The number of hydrogen-bond donors (Lipinski definition) is 2. The highest BCUT2D eigenvalue weighted by atomic mass is 79.9. The molecule has 5 nitrogen and oxygen atoms in total. The first-order valence-electron chi connectivity index (χ1n) is 6.45. The number of carboxylic acids is 1. The van der Waals surface area contributed by atoms with Crippen molar-refractivity contribution in [1.29, 1.82) is 0 Å². The Kier molecular flexibility index (Phi) is 7.72. The Bertz CT molecular complexity index is 451. The van der Waals surface area contributed by atoms with Crippen LogP contribution in [0.25, 0.3) is 0 Å². The van der Waals surface area contributed by atoms with E-state index in [1.807, 2.05) is 24.3 Å². The van der Waals surface area contributed by atoms with Crippen LogP contribution in [0.4, 0.5) is 0 Å². The van der Waals surface area contributed by atoms with Crippen LogP contribution in [-0.4, -0.2) is 30.1 Å². The second-order valence-corrected chi connectivity index (χ2v) is 5.17. The highest BCUT2D eigenvalue weighted by Gasteiger charge is 2.02. The number of rotatable bonds is 9. The second kappa shape index (κ2) is 9.36. The van der Waals surface area contributed by atoms with E-state index in [1.54, 1.807) is 0 Å². The van der Waals surface area contributed by atoms with Crippen LogP contribution in [0, 0.1) is 0 Å². The van der Waals surface area contributed by atoms with Gasteiger partial charge in [-0.1, -0.05) is 22.0 Å². The molecular weight excluding hydrogens is 326 g/mol. The minimum absolute atomic E-state index is 0.0877. The fourth-order valence-corrected chi connectivity index (χ4v) is 1.91.